The lowest BCUT2D eigenvalue weighted by atomic mass is 10.2. The van der Waals surface area contributed by atoms with Crippen molar-refractivity contribution >= 4 is 15.7 Å². The van der Waals surface area contributed by atoms with Crippen molar-refractivity contribution in [3.05, 3.63) is 39.9 Å². The van der Waals surface area contributed by atoms with Gasteiger partial charge in [-0.15, -0.1) is 0 Å². The van der Waals surface area contributed by atoms with Crippen molar-refractivity contribution in [3.63, 3.8) is 0 Å². The topological polar surface area (TPSA) is 110 Å². The highest BCUT2D eigenvalue weighted by molar-refractivity contribution is 7.88. The van der Waals surface area contributed by atoms with Crippen molar-refractivity contribution in [1.29, 1.82) is 0 Å². The van der Waals surface area contributed by atoms with Crippen LogP contribution in [0.2, 0.25) is 0 Å². The maximum atomic E-state index is 11.6. The molecule has 0 aromatic heterocycles. The van der Waals surface area contributed by atoms with E-state index >= 15 is 0 Å². The molecule has 0 saturated heterocycles. The molecule has 0 saturated carbocycles. The fraction of sp³-hybridized carbons (Fsp3) is 0.400. The lowest BCUT2D eigenvalue weighted by Crippen LogP contribution is -2.35. The molecule has 0 unspecified atom stereocenters. The van der Waals surface area contributed by atoms with Crippen LogP contribution >= 0.6 is 0 Å². The predicted molar refractivity (Wildman–Crippen MR) is 65.4 cm³/mol. The predicted octanol–water partition coefficient (Wildman–Crippen LogP) is 0.395. The number of rotatable bonds is 6. The number of hydrogen-bond donors (Lipinski definition) is 2. The maximum absolute atomic E-state index is 11.6. The Kier molecular flexibility index (Phi) is 4.76. The number of benzene rings is 1. The second-order valence-corrected chi connectivity index (χ2v) is 5.64. The molecule has 1 aromatic rings. The molecular formula is C10H14N2O5S. The van der Waals surface area contributed by atoms with Gasteiger partial charge in [0.2, 0.25) is 10.0 Å². The zero-order chi connectivity index (χ0) is 13.8. The van der Waals surface area contributed by atoms with Crippen LogP contribution < -0.4 is 4.72 Å². The first-order valence-corrected chi connectivity index (χ1v) is 6.83. The summed E-state index contributed by atoms with van der Waals surface area (Å²) in [6, 6.07) is 4.72. The normalized spacial score (nSPS) is 13.2. The van der Waals surface area contributed by atoms with Gasteiger partial charge < -0.3 is 5.11 Å². The summed E-state index contributed by atoms with van der Waals surface area (Å²) in [6.45, 7) is 1.24. The number of hydrogen-bond acceptors (Lipinski definition) is 5. The number of sulfonamides is 1. The van der Waals surface area contributed by atoms with Gasteiger partial charge in [0.05, 0.1) is 17.3 Å². The minimum Gasteiger partial charge on any atom is -0.395 e. The third-order valence-corrected chi connectivity index (χ3v) is 3.63. The Bertz CT molecular complexity index is 512. The highest BCUT2D eigenvalue weighted by Gasteiger charge is 2.15. The van der Waals surface area contributed by atoms with Gasteiger partial charge in [-0.05, 0) is 12.5 Å². The fourth-order valence-corrected chi connectivity index (χ4v) is 2.72. The van der Waals surface area contributed by atoms with Gasteiger partial charge in [0.1, 0.15) is 0 Å². The van der Waals surface area contributed by atoms with Gasteiger partial charge in [0.25, 0.3) is 5.69 Å². The number of nitro benzene ring substituents is 1. The Hall–Kier alpha value is -1.51. The van der Waals surface area contributed by atoms with Crippen molar-refractivity contribution < 1.29 is 18.4 Å². The van der Waals surface area contributed by atoms with E-state index in [-0.39, 0.29) is 18.0 Å². The minimum atomic E-state index is -3.56. The van der Waals surface area contributed by atoms with Crippen molar-refractivity contribution in [3.8, 4) is 0 Å². The van der Waals surface area contributed by atoms with Crippen LogP contribution in [0.25, 0.3) is 0 Å². The third kappa shape index (κ3) is 4.40. The number of aliphatic hydroxyl groups excluding tert-OH is 1. The first-order chi connectivity index (χ1) is 8.34. The smallest absolute Gasteiger partial charge is 0.269 e. The van der Waals surface area contributed by atoms with E-state index in [0.29, 0.717) is 5.56 Å². The summed E-state index contributed by atoms with van der Waals surface area (Å²) < 4.78 is 25.5. The molecule has 0 aliphatic rings. The van der Waals surface area contributed by atoms with Gasteiger partial charge >= 0.3 is 0 Å². The van der Waals surface area contributed by atoms with E-state index in [0.717, 1.165) is 0 Å². The van der Waals surface area contributed by atoms with Crippen LogP contribution in [0.15, 0.2) is 24.3 Å². The molecule has 100 valence electrons. The Balaban J connectivity index is 2.75. The van der Waals surface area contributed by atoms with E-state index in [2.05, 4.69) is 4.72 Å². The molecule has 0 bridgehead atoms. The Morgan fingerprint density at radius 3 is 2.39 bits per heavy atom. The van der Waals surface area contributed by atoms with Crippen molar-refractivity contribution in [2.45, 2.75) is 18.7 Å². The van der Waals surface area contributed by atoms with E-state index in [1.54, 1.807) is 0 Å². The van der Waals surface area contributed by atoms with E-state index in [9.17, 15) is 18.5 Å². The summed E-state index contributed by atoms with van der Waals surface area (Å²) in [5.74, 6) is -0.282. The quantitative estimate of drug-likeness (QED) is 0.576. The first-order valence-electron chi connectivity index (χ1n) is 5.18. The lowest BCUT2D eigenvalue weighted by Gasteiger charge is -2.11. The third-order valence-electron chi connectivity index (χ3n) is 2.16. The molecular weight excluding hydrogens is 260 g/mol. The van der Waals surface area contributed by atoms with Crippen LogP contribution in [0.4, 0.5) is 5.69 Å². The highest BCUT2D eigenvalue weighted by atomic mass is 32.2. The molecule has 1 atom stereocenters. The molecule has 8 heteroatoms. The molecule has 2 N–H and O–H groups in total. The largest absolute Gasteiger partial charge is 0.395 e. The lowest BCUT2D eigenvalue weighted by molar-refractivity contribution is -0.384. The number of nitro groups is 1. The minimum absolute atomic E-state index is 0.0900. The number of nitrogens with zero attached hydrogens (tertiary/aromatic N) is 1. The Morgan fingerprint density at radius 1 is 1.39 bits per heavy atom. The summed E-state index contributed by atoms with van der Waals surface area (Å²) in [7, 11) is -3.56. The van der Waals surface area contributed by atoms with Gasteiger partial charge in [-0.25, -0.2) is 13.1 Å². The second-order valence-electron chi connectivity index (χ2n) is 3.88. The average Bonchev–Trinajstić information content (AvgIpc) is 2.28. The molecule has 0 fully saturated rings. The van der Waals surface area contributed by atoms with Crippen LogP contribution in [-0.4, -0.2) is 31.1 Å². The summed E-state index contributed by atoms with van der Waals surface area (Å²) in [5, 5.41) is 19.2. The highest BCUT2D eigenvalue weighted by Crippen LogP contribution is 2.13. The Morgan fingerprint density at radius 2 is 1.94 bits per heavy atom. The van der Waals surface area contributed by atoms with E-state index in [4.69, 9.17) is 5.11 Å². The number of aliphatic hydroxyl groups is 1. The zero-order valence-corrected chi connectivity index (χ0v) is 10.6. The van der Waals surface area contributed by atoms with Gasteiger partial charge in [-0.2, -0.15) is 0 Å². The van der Waals surface area contributed by atoms with Gasteiger partial charge in [-0.3, -0.25) is 10.1 Å². The molecule has 1 aromatic carbocycles. The molecule has 0 aliphatic heterocycles. The van der Waals surface area contributed by atoms with Gasteiger partial charge in [0, 0.05) is 18.2 Å². The average molecular weight is 274 g/mol. The van der Waals surface area contributed by atoms with Crippen LogP contribution in [0.1, 0.15) is 12.5 Å². The number of nitrogens with one attached hydrogen (secondary N) is 1. The van der Waals surface area contributed by atoms with E-state index in [1.165, 1.54) is 31.2 Å². The van der Waals surface area contributed by atoms with E-state index < -0.39 is 21.0 Å². The standard InChI is InChI=1S/C10H14N2O5S/c1-8(6-13)11-18(16,17)7-9-2-4-10(5-3-9)12(14)15/h2-5,8,11,13H,6-7H2,1H3/t8-/m1/s1. The monoisotopic (exact) mass is 274 g/mol. The molecule has 0 amide bonds. The molecule has 0 aliphatic carbocycles. The second kappa shape index (κ2) is 5.89. The maximum Gasteiger partial charge on any atom is 0.269 e. The zero-order valence-electron chi connectivity index (χ0n) is 9.74. The van der Waals surface area contributed by atoms with Crippen LogP contribution in [0.3, 0.4) is 0 Å². The van der Waals surface area contributed by atoms with Crippen LogP contribution in [-0.2, 0) is 15.8 Å². The molecule has 18 heavy (non-hydrogen) atoms. The van der Waals surface area contributed by atoms with Gasteiger partial charge in [0.15, 0.2) is 0 Å². The SMILES string of the molecule is C[C@H](CO)NS(=O)(=O)Cc1ccc([N+](=O)[O-])cc1. The van der Waals surface area contributed by atoms with Crippen molar-refractivity contribution in [2.24, 2.45) is 0 Å². The summed E-state index contributed by atoms with van der Waals surface area (Å²) >= 11 is 0. The van der Waals surface area contributed by atoms with Crippen LogP contribution in [0.5, 0.6) is 0 Å². The van der Waals surface area contributed by atoms with E-state index in [1.807, 2.05) is 0 Å². The fourth-order valence-electron chi connectivity index (χ4n) is 1.32. The Labute approximate surface area is 105 Å². The molecule has 0 spiro atoms. The van der Waals surface area contributed by atoms with Gasteiger partial charge in [-0.1, -0.05) is 12.1 Å². The summed E-state index contributed by atoms with van der Waals surface area (Å²) in [5.41, 5.74) is 0.353. The summed E-state index contributed by atoms with van der Waals surface area (Å²) in [6.07, 6.45) is 0. The van der Waals surface area contributed by atoms with Crippen molar-refractivity contribution in [1.82, 2.24) is 4.72 Å². The molecule has 7 nitrogen and oxygen atoms in total. The molecule has 0 radical (unpaired) electrons. The number of non-ortho nitro benzene ring substituents is 1. The first kappa shape index (κ1) is 14.6. The molecule has 0 heterocycles. The summed E-state index contributed by atoms with van der Waals surface area (Å²) in [4.78, 5) is 9.88. The van der Waals surface area contributed by atoms with Crippen molar-refractivity contribution in [2.75, 3.05) is 6.61 Å². The van der Waals surface area contributed by atoms with Crippen LogP contribution in [0, 0.1) is 10.1 Å². The molecule has 1 rings (SSSR count).